The van der Waals surface area contributed by atoms with Gasteiger partial charge in [-0.15, -0.1) is 0 Å². The van der Waals surface area contributed by atoms with Crippen molar-refractivity contribution in [3.05, 3.63) is 187 Å². The van der Waals surface area contributed by atoms with E-state index in [4.69, 9.17) is 4.42 Å². The smallest absolute Gasteiger partial charge is 0.143 e. The lowest BCUT2D eigenvalue weighted by atomic mass is 9.82. The normalized spacial score (nSPS) is 13.1. The summed E-state index contributed by atoms with van der Waals surface area (Å²) < 4.78 is 6.77. The van der Waals surface area contributed by atoms with Gasteiger partial charge in [0.2, 0.25) is 0 Å². The van der Waals surface area contributed by atoms with E-state index in [-0.39, 0.29) is 5.41 Å². The van der Waals surface area contributed by atoms with E-state index in [1.807, 2.05) is 6.07 Å². The number of nitrogens with zero attached hydrogens (tertiary/aromatic N) is 1. The molecule has 0 amide bonds. The summed E-state index contributed by atoms with van der Waals surface area (Å²) in [6.45, 7) is 4.70. The highest BCUT2D eigenvalue weighted by Crippen LogP contribution is 2.53. The van der Waals surface area contributed by atoms with E-state index < -0.39 is 0 Å². The minimum atomic E-state index is -0.127. The molecule has 51 heavy (non-hydrogen) atoms. The quantitative estimate of drug-likeness (QED) is 0.184. The number of benzene rings is 8. The van der Waals surface area contributed by atoms with Gasteiger partial charge in [-0.25, -0.2) is 0 Å². The van der Waals surface area contributed by atoms with Crippen molar-refractivity contribution in [2.24, 2.45) is 0 Å². The predicted molar refractivity (Wildman–Crippen MR) is 214 cm³/mol. The number of hydrogen-bond donors (Lipinski definition) is 0. The Hall–Kier alpha value is -6.38. The molecular weight excluding hydrogens is 619 g/mol. The summed E-state index contributed by atoms with van der Waals surface area (Å²) in [5.74, 6) is 0. The Morgan fingerprint density at radius 2 is 1.06 bits per heavy atom. The second-order valence-corrected chi connectivity index (χ2v) is 14.1. The first-order valence-electron chi connectivity index (χ1n) is 17.7. The van der Waals surface area contributed by atoms with E-state index in [9.17, 15) is 0 Å². The molecule has 9 aromatic rings. The van der Waals surface area contributed by atoms with Gasteiger partial charge in [-0.3, -0.25) is 0 Å². The van der Waals surface area contributed by atoms with E-state index in [1.165, 1.54) is 38.6 Å². The molecule has 2 heteroatoms. The van der Waals surface area contributed by atoms with E-state index in [2.05, 4.69) is 189 Å². The molecule has 1 aliphatic carbocycles. The zero-order valence-electron chi connectivity index (χ0n) is 28.6. The first-order chi connectivity index (χ1) is 25.1. The number of furan rings is 1. The third-order valence-corrected chi connectivity index (χ3v) is 10.9. The lowest BCUT2D eigenvalue weighted by molar-refractivity contribution is 0.660. The summed E-state index contributed by atoms with van der Waals surface area (Å²) >= 11 is 0. The molecule has 0 saturated heterocycles. The van der Waals surface area contributed by atoms with E-state index >= 15 is 0 Å². The van der Waals surface area contributed by atoms with Gasteiger partial charge >= 0.3 is 0 Å². The van der Waals surface area contributed by atoms with Gasteiger partial charge in [0, 0.05) is 38.7 Å². The Morgan fingerprint density at radius 1 is 0.431 bits per heavy atom. The molecule has 0 bridgehead atoms. The highest BCUT2D eigenvalue weighted by Gasteiger charge is 2.36. The van der Waals surface area contributed by atoms with E-state index in [0.29, 0.717) is 0 Å². The van der Waals surface area contributed by atoms with Crippen LogP contribution in [0, 0.1) is 0 Å². The molecule has 8 aromatic carbocycles. The third-order valence-electron chi connectivity index (χ3n) is 10.9. The summed E-state index contributed by atoms with van der Waals surface area (Å²) in [4.78, 5) is 2.44. The highest BCUT2D eigenvalue weighted by molar-refractivity contribution is 6.14. The standard InChI is InChI=1S/C49H35NO/c1-49(2)43-26-10-8-20-37(43)38-30-29-34(31-44(38)49)50(33-17-4-3-5-18-33)45-27-14-23-40(36-22-12-16-32-15-6-7-19-35(32)36)47(45)42-25-13-24-41-39-21-9-11-28-46(39)51-48(41)42/h3-31H,1-2H3. The second kappa shape index (κ2) is 11.3. The van der Waals surface area contributed by atoms with Crippen LogP contribution in [0.4, 0.5) is 17.1 Å². The average molecular weight is 654 g/mol. The maximum Gasteiger partial charge on any atom is 0.143 e. The Balaban J connectivity index is 1.30. The van der Waals surface area contributed by atoms with Crippen LogP contribution in [0.5, 0.6) is 0 Å². The summed E-state index contributed by atoms with van der Waals surface area (Å²) in [5.41, 5.74) is 14.9. The van der Waals surface area contributed by atoms with Gasteiger partial charge < -0.3 is 9.32 Å². The van der Waals surface area contributed by atoms with Gasteiger partial charge in [0.25, 0.3) is 0 Å². The van der Waals surface area contributed by atoms with Crippen LogP contribution in [-0.4, -0.2) is 0 Å². The molecule has 1 aliphatic rings. The Kier molecular flexibility index (Phi) is 6.56. The molecule has 0 spiro atoms. The molecule has 1 heterocycles. The van der Waals surface area contributed by atoms with Crippen LogP contribution < -0.4 is 4.90 Å². The summed E-state index contributed by atoms with van der Waals surface area (Å²) in [6, 6.07) is 63.6. The zero-order valence-corrected chi connectivity index (χ0v) is 28.6. The molecule has 0 N–H and O–H groups in total. The zero-order chi connectivity index (χ0) is 34.1. The fourth-order valence-electron chi connectivity index (χ4n) is 8.47. The van der Waals surface area contributed by atoms with E-state index in [1.54, 1.807) is 0 Å². The molecule has 0 fully saturated rings. The Bertz CT molecular complexity index is 2780. The first kappa shape index (κ1) is 29.5. The largest absolute Gasteiger partial charge is 0.455 e. The molecule has 0 unspecified atom stereocenters. The van der Waals surface area contributed by atoms with Crippen LogP contribution in [0.25, 0.3) is 66.1 Å². The average Bonchev–Trinajstić information content (AvgIpc) is 3.67. The van der Waals surface area contributed by atoms with Gasteiger partial charge in [0.1, 0.15) is 11.2 Å². The Morgan fingerprint density at radius 3 is 1.96 bits per heavy atom. The summed E-state index contributed by atoms with van der Waals surface area (Å²) in [6.07, 6.45) is 0. The molecule has 1 aromatic heterocycles. The maximum atomic E-state index is 6.77. The monoisotopic (exact) mass is 653 g/mol. The molecule has 0 atom stereocenters. The number of anilines is 3. The maximum absolute atomic E-state index is 6.77. The lowest BCUT2D eigenvalue weighted by Crippen LogP contribution is -2.17. The molecule has 0 saturated carbocycles. The molecular formula is C49H35NO. The minimum Gasteiger partial charge on any atom is -0.455 e. The number of hydrogen-bond acceptors (Lipinski definition) is 2. The van der Waals surface area contributed by atoms with Crippen molar-refractivity contribution in [3.8, 4) is 33.4 Å². The SMILES string of the molecule is CC1(C)c2ccccc2-c2ccc(N(c3ccccc3)c3cccc(-c4cccc5ccccc45)c3-c3cccc4c3oc3ccccc34)cc21. The van der Waals surface area contributed by atoms with Crippen molar-refractivity contribution in [1.82, 2.24) is 0 Å². The molecule has 10 rings (SSSR count). The minimum absolute atomic E-state index is 0.127. The first-order valence-corrected chi connectivity index (χ1v) is 17.7. The molecule has 2 nitrogen and oxygen atoms in total. The van der Waals surface area contributed by atoms with E-state index in [0.717, 1.165) is 55.7 Å². The van der Waals surface area contributed by atoms with Crippen molar-refractivity contribution >= 4 is 49.8 Å². The van der Waals surface area contributed by atoms with Crippen LogP contribution in [-0.2, 0) is 5.41 Å². The van der Waals surface area contributed by atoms with Crippen molar-refractivity contribution in [1.29, 1.82) is 0 Å². The van der Waals surface area contributed by atoms with Crippen molar-refractivity contribution in [2.45, 2.75) is 19.3 Å². The van der Waals surface area contributed by atoms with Crippen molar-refractivity contribution < 1.29 is 4.42 Å². The molecule has 242 valence electrons. The summed E-state index contributed by atoms with van der Waals surface area (Å²) in [5, 5.41) is 4.68. The second-order valence-electron chi connectivity index (χ2n) is 14.1. The van der Waals surface area contributed by atoms with Gasteiger partial charge in [0.15, 0.2) is 0 Å². The number of rotatable bonds is 5. The fraction of sp³-hybridized carbons (Fsp3) is 0.0612. The lowest BCUT2D eigenvalue weighted by Gasteiger charge is -2.31. The number of para-hydroxylation sites is 3. The van der Waals surface area contributed by atoms with Gasteiger partial charge in [-0.2, -0.15) is 0 Å². The van der Waals surface area contributed by atoms with Crippen LogP contribution in [0.1, 0.15) is 25.0 Å². The van der Waals surface area contributed by atoms with Crippen LogP contribution >= 0.6 is 0 Å². The topological polar surface area (TPSA) is 16.4 Å². The van der Waals surface area contributed by atoms with Gasteiger partial charge in [-0.1, -0.05) is 153 Å². The Labute approximate surface area is 297 Å². The third kappa shape index (κ3) is 4.50. The van der Waals surface area contributed by atoms with Gasteiger partial charge in [-0.05, 0) is 80.6 Å². The number of fused-ring (bicyclic) bond motifs is 7. The molecule has 0 radical (unpaired) electrons. The van der Waals surface area contributed by atoms with Gasteiger partial charge in [0.05, 0.1) is 5.69 Å². The molecule has 0 aliphatic heterocycles. The van der Waals surface area contributed by atoms with Crippen LogP contribution in [0.15, 0.2) is 180 Å². The van der Waals surface area contributed by atoms with Crippen molar-refractivity contribution in [2.75, 3.05) is 4.90 Å². The van der Waals surface area contributed by atoms with Crippen LogP contribution in [0.3, 0.4) is 0 Å². The predicted octanol–water partition coefficient (Wildman–Crippen LogP) is 13.8. The highest BCUT2D eigenvalue weighted by atomic mass is 16.3. The van der Waals surface area contributed by atoms with Crippen molar-refractivity contribution in [3.63, 3.8) is 0 Å². The fourth-order valence-corrected chi connectivity index (χ4v) is 8.47. The summed E-state index contributed by atoms with van der Waals surface area (Å²) in [7, 11) is 0. The van der Waals surface area contributed by atoms with Crippen LogP contribution in [0.2, 0.25) is 0 Å².